The topological polar surface area (TPSA) is 90.5 Å². The predicted octanol–water partition coefficient (Wildman–Crippen LogP) is 4.41. The lowest BCUT2D eigenvalue weighted by molar-refractivity contribution is -0.174. The molecule has 2 N–H and O–H groups in total. The summed E-state index contributed by atoms with van der Waals surface area (Å²) in [6.45, 7) is 0. The van der Waals surface area contributed by atoms with Gasteiger partial charge in [0.05, 0.1) is 38.4 Å². The number of nitrogens with one attached hydrogen (secondary N) is 2. The van der Waals surface area contributed by atoms with E-state index in [0.29, 0.717) is 22.9 Å². The lowest BCUT2D eigenvalue weighted by Gasteiger charge is -2.32. The van der Waals surface area contributed by atoms with Crippen LogP contribution in [0, 0.1) is 0 Å². The van der Waals surface area contributed by atoms with E-state index in [4.69, 9.17) is 13.9 Å². The number of carbonyl (C=O) groups excluding carboxylic acids is 1. The number of alkyl halides is 3. The number of ether oxygens (including phenoxy) is 2. The summed E-state index contributed by atoms with van der Waals surface area (Å²) in [5.41, 5.74) is 0.294. The Morgan fingerprint density at radius 2 is 2.10 bits per heavy atom. The second-order valence-corrected chi connectivity index (χ2v) is 6.88. The molecule has 0 unspecified atom stereocenters. The van der Waals surface area contributed by atoms with Crippen molar-refractivity contribution >= 4 is 17.4 Å². The van der Waals surface area contributed by atoms with Crippen LogP contribution in [0.4, 0.5) is 24.7 Å². The highest BCUT2D eigenvalue weighted by Gasteiger charge is 2.47. The van der Waals surface area contributed by atoms with E-state index < -0.39 is 24.2 Å². The van der Waals surface area contributed by atoms with Crippen molar-refractivity contribution in [2.75, 3.05) is 24.9 Å². The van der Waals surface area contributed by atoms with E-state index in [0.717, 1.165) is 10.9 Å². The number of methoxy groups -OCH3 is 2. The Balaban J connectivity index is 1.67. The van der Waals surface area contributed by atoms with E-state index >= 15 is 0 Å². The number of anilines is 2. The summed E-state index contributed by atoms with van der Waals surface area (Å²) in [6, 6.07) is 5.27. The first kappa shape index (κ1) is 20.6. The number of carbonyl (C=O) groups is 1. The molecule has 2 atom stereocenters. The van der Waals surface area contributed by atoms with Crippen LogP contribution in [-0.2, 0) is 0 Å². The lowest BCUT2D eigenvalue weighted by Crippen LogP contribution is -2.36. The van der Waals surface area contributed by atoms with Crippen LogP contribution >= 0.6 is 0 Å². The monoisotopic (exact) mass is 436 g/mol. The summed E-state index contributed by atoms with van der Waals surface area (Å²) in [7, 11) is 2.92. The molecule has 31 heavy (non-hydrogen) atoms. The lowest BCUT2D eigenvalue weighted by atomic mass is 10.0. The number of benzene rings is 1. The van der Waals surface area contributed by atoms with E-state index in [1.807, 2.05) is 0 Å². The predicted molar refractivity (Wildman–Crippen MR) is 105 cm³/mol. The third-order valence-corrected chi connectivity index (χ3v) is 5.03. The molecule has 0 radical (unpaired) electrons. The molecule has 0 spiro atoms. The summed E-state index contributed by atoms with van der Waals surface area (Å²) >= 11 is 0. The van der Waals surface area contributed by atoms with E-state index in [9.17, 15) is 18.0 Å². The number of aromatic nitrogens is 2. The molecule has 4 rings (SSSR count). The summed E-state index contributed by atoms with van der Waals surface area (Å²) in [5, 5.41) is 9.45. The van der Waals surface area contributed by atoms with Crippen LogP contribution in [-0.4, -0.2) is 36.1 Å². The van der Waals surface area contributed by atoms with E-state index in [1.54, 1.807) is 30.3 Å². The van der Waals surface area contributed by atoms with Gasteiger partial charge in [0.1, 0.15) is 28.6 Å². The molecule has 0 saturated carbocycles. The van der Waals surface area contributed by atoms with Gasteiger partial charge in [-0.05, 0) is 24.3 Å². The fraction of sp³-hybridized carbons (Fsp3) is 0.300. The van der Waals surface area contributed by atoms with Crippen LogP contribution in [0.5, 0.6) is 11.5 Å². The Bertz CT molecular complexity index is 1080. The number of amides is 1. The normalized spacial score (nSPS) is 18.1. The van der Waals surface area contributed by atoms with Crippen LogP contribution in [0.1, 0.15) is 34.6 Å². The van der Waals surface area contributed by atoms with Crippen LogP contribution < -0.4 is 20.1 Å². The first-order valence-corrected chi connectivity index (χ1v) is 9.29. The molecule has 0 fully saturated rings. The number of nitrogens with zero attached hydrogens (tertiary/aromatic N) is 2. The molecule has 2 aromatic heterocycles. The summed E-state index contributed by atoms with van der Waals surface area (Å²) in [4.78, 5) is 12.9. The third kappa shape index (κ3) is 3.90. The number of fused-ring (bicyclic) bond motifs is 1. The minimum atomic E-state index is -4.55. The Labute approximate surface area is 174 Å². The average Bonchev–Trinajstić information content (AvgIpc) is 3.42. The van der Waals surface area contributed by atoms with Crippen molar-refractivity contribution in [1.82, 2.24) is 9.78 Å². The van der Waals surface area contributed by atoms with Crippen LogP contribution in [0.2, 0.25) is 0 Å². The summed E-state index contributed by atoms with van der Waals surface area (Å²) < 4.78 is 57.6. The molecular weight excluding hydrogens is 417 g/mol. The molecule has 164 valence electrons. The van der Waals surface area contributed by atoms with Crippen molar-refractivity contribution in [2.45, 2.75) is 24.7 Å². The van der Waals surface area contributed by atoms with Gasteiger partial charge in [0, 0.05) is 12.5 Å². The Kier molecular flexibility index (Phi) is 5.25. The zero-order chi connectivity index (χ0) is 22.2. The largest absolute Gasteiger partial charge is 0.497 e. The summed E-state index contributed by atoms with van der Waals surface area (Å²) in [6.07, 6.45) is -2.38. The fourth-order valence-electron chi connectivity index (χ4n) is 3.50. The zero-order valence-corrected chi connectivity index (χ0v) is 16.6. The molecule has 1 aliphatic heterocycles. The third-order valence-electron chi connectivity index (χ3n) is 5.03. The van der Waals surface area contributed by atoms with Crippen molar-refractivity contribution < 1.29 is 31.9 Å². The summed E-state index contributed by atoms with van der Waals surface area (Å²) in [5.74, 6) is 0.514. The van der Waals surface area contributed by atoms with Crippen LogP contribution in [0.25, 0.3) is 0 Å². The Hall–Kier alpha value is -3.63. The number of hydrogen-bond acceptors (Lipinski definition) is 6. The average molecular weight is 436 g/mol. The maximum absolute atomic E-state index is 13.7. The van der Waals surface area contributed by atoms with Crippen molar-refractivity contribution in [3.8, 4) is 11.5 Å². The highest BCUT2D eigenvalue weighted by molar-refractivity contribution is 6.08. The number of halogens is 3. The van der Waals surface area contributed by atoms with Crippen LogP contribution in [0.3, 0.4) is 0 Å². The minimum absolute atomic E-state index is 0.0385. The van der Waals surface area contributed by atoms with Gasteiger partial charge in [0.25, 0.3) is 5.91 Å². The second-order valence-electron chi connectivity index (χ2n) is 6.88. The zero-order valence-electron chi connectivity index (χ0n) is 16.6. The maximum atomic E-state index is 13.7. The molecule has 0 aliphatic carbocycles. The number of rotatable bonds is 5. The number of hydrogen-bond donors (Lipinski definition) is 2. The molecule has 0 saturated heterocycles. The van der Waals surface area contributed by atoms with Gasteiger partial charge in [0.15, 0.2) is 6.04 Å². The van der Waals surface area contributed by atoms with Gasteiger partial charge < -0.3 is 24.5 Å². The van der Waals surface area contributed by atoms with E-state index in [2.05, 4.69) is 15.7 Å². The van der Waals surface area contributed by atoms with Gasteiger partial charge in [-0.1, -0.05) is 0 Å². The van der Waals surface area contributed by atoms with Crippen molar-refractivity contribution in [2.24, 2.45) is 0 Å². The van der Waals surface area contributed by atoms with Gasteiger partial charge in [0.2, 0.25) is 0 Å². The molecule has 3 aromatic rings. The van der Waals surface area contributed by atoms with E-state index in [-0.39, 0.29) is 17.8 Å². The highest BCUT2D eigenvalue weighted by Crippen LogP contribution is 2.44. The second kappa shape index (κ2) is 7.89. The SMILES string of the molecule is COc1ccc(NC(=O)c2cnn3c2N[C@@H](c2ccco2)C[C@@H]3C(F)(F)F)c(OC)c1. The molecular formula is C20H19F3N4O4. The minimum Gasteiger partial charge on any atom is -0.497 e. The number of furan rings is 1. The van der Waals surface area contributed by atoms with Gasteiger partial charge in [-0.15, -0.1) is 0 Å². The van der Waals surface area contributed by atoms with Gasteiger partial charge >= 0.3 is 6.18 Å². The fourth-order valence-corrected chi connectivity index (χ4v) is 3.50. The van der Waals surface area contributed by atoms with Crippen LogP contribution in [0.15, 0.2) is 47.2 Å². The van der Waals surface area contributed by atoms with Crippen molar-refractivity contribution in [1.29, 1.82) is 0 Å². The smallest absolute Gasteiger partial charge is 0.410 e. The molecule has 1 aromatic carbocycles. The van der Waals surface area contributed by atoms with Gasteiger partial charge in [-0.2, -0.15) is 18.3 Å². The molecule has 1 amide bonds. The van der Waals surface area contributed by atoms with E-state index in [1.165, 1.54) is 20.5 Å². The standard InChI is InChI=1S/C20H19F3N4O4/c1-29-11-5-6-13(16(8-11)30-2)26-19(28)12-10-24-27-17(20(21,22)23)9-14(25-18(12)27)15-4-3-7-31-15/h3-8,10,14,17,25H,9H2,1-2H3,(H,26,28)/t14-,17-/m1/s1. The molecule has 8 nitrogen and oxygen atoms in total. The molecule has 1 aliphatic rings. The first-order chi connectivity index (χ1) is 14.8. The molecule has 3 heterocycles. The molecule has 0 bridgehead atoms. The van der Waals surface area contributed by atoms with Gasteiger partial charge in [-0.25, -0.2) is 4.68 Å². The highest BCUT2D eigenvalue weighted by atomic mass is 19.4. The first-order valence-electron chi connectivity index (χ1n) is 9.29. The quantitative estimate of drug-likeness (QED) is 0.616. The Morgan fingerprint density at radius 3 is 2.74 bits per heavy atom. The molecule has 11 heteroatoms. The maximum Gasteiger partial charge on any atom is 0.410 e. The Morgan fingerprint density at radius 1 is 1.29 bits per heavy atom. The van der Waals surface area contributed by atoms with Crippen molar-refractivity contribution in [3.63, 3.8) is 0 Å². The van der Waals surface area contributed by atoms with Gasteiger partial charge in [-0.3, -0.25) is 4.79 Å². The van der Waals surface area contributed by atoms with Crippen molar-refractivity contribution in [3.05, 3.63) is 54.1 Å².